The zero-order valence-corrected chi connectivity index (χ0v) is 12.1. The minimum absolute atomic E-state index is 0.0456. The van der Waals surface area contributed by atoms with Crippen molar-refractivity contribution in [1.29, 1.82) is 0 Å². The first-order valence-corrected chi connectivity index (χ1v) is 7.27. The minimum atomic E-state index is -1.06. The van der Waals surface area contributed by atoms with Gasteiger partial charge in [-0.15, -0.1) is 0 Å². The molecule has 0 aliphatic heterocycles. The van der Waals surface area contributed by atoms with Gasteiger partial charge >= 0.3 is 5.97 Å². The van der Waals surface area contributed by atoms with Gasteiger partial charge in [-0.2, -0.15) is 5.10 Å². The summed E-state index contributed by atoms with van der Waals surface area (Å²) < 4.78 is 7.17. The van der Waals surface area contributed by atoms with Crippen molar-refractivity contribution in [2.24, 2.45) is 0 Å². The predicted octanol–water partition coefficient (Wildman–Crippen LogP) is 3.55. The Morgan fingerprint density at radius 3 is 2.57 bits per heavy atom. The quantitative estimate of drug-likeness (QED) is 0.938. The van der Waals surface area contributed by atoms with Gasteiger partial charge in [0.1, 0.15) is 0 Å². The average molecular weight is 307 g/mol. The van der Waals surface area contributed by atoms with Crippen LogP contribution in [0.5, 0.6) is 5.75 Å². The summed E-state index contributed by atoms with van der Waals surface area (Å²) in [6.07, 6.45) is 5.73. The maximum absolute atomic E-state index is 11.6. The lowest BCUT2D eigenvalue weighted by atomic mass is 10.3. The van der Waals surface area contributed by atoms with E-state index < -0.39 is 5.97 Å². The Balaban J connectivity index is 1.95. The van der Waals surface area contributed by atoms with E-state index in [2.05, 4.69) is 5.10 Å². The van der Waals surface area contributed by atoms with Gasteiger partial charge < -0.3 is 9.84 Å². The Hall–Kier alpha value is -2.01. The topological polar surface area (TPSA) is 64.3 Å². The number of ether oxygens (including phenoxy) is 1. The molecule has 1 aliphatic carbocycles. The summed E-state index contributed by atoms with van der Waals surface area (Å²) in [6.45, 7) is 0. The fourth-order valence-corrected chi connectivity index (χ4v) is 2.71. The molecule has 0 atom stereocenters. The van der Waals surface area contributed by atoms with E-state index in [0.29, 0.717) is 16.5 Å². The van der Waals surface area contributed by atoms with E-state index in [1.54, 1.807) is 24.3 Å². The molecule has 0 bridgehead atoms. The second-order valence-corrected chi connectivity index (χ2v) is 5.51. The van der Waals surface area contributed by atoms with Crippen LogP contribution in [0, 0.1) is 0 Å². The molecule has 0 unspecified atom stereocenters. The molecule has 1 fully saturated rings. The van der Waals surface area contributed by atoms with Crippen molar-refractivity contribution < 1.29 is 14.6 Å². The van der Waals surface area contributed by atoms with Crippen molar-refractivity contribution in [3.05, 3.63) is 41.2 Å². The van der Waals surface area contributed by atoms with Crippen LogP contribution in [0.3, 0.4) is 0 Å². The highest BCUT2D eigenvalue weighted by Crippen LogP contribution is 2.28. The van der Waals surface area contributed by atoms with Gasteiger partial charge in [-0.1, -0.05) is 11.6 Å². The minimum Gasteiger partial charge on any atom is -0.486 e. The summed E-state index contributed by atoms with van der Waals surface area (Å²) in [5.41, 5.74) is 0.683. The Bertz CT molecular complexity index is 645. The van der Waals surface area contributed by atoms with Gasteiger partial charge in [0.15, 0.2) is 11.4 Å². The first-order valence-electron chi connectivity index (χ1n) is 6.89. The van der Waals surface area contributed by atoms with Crippen LogP contribution in [0.25, 0.3) is 5.69 Å². The Morgan fingerprint density at radius 2 is 1.95 bits per heavy atom. The highest BCUT2D eigenvalue weighted by Gasteiger charge is 2.24. The molecule has 1 aliphatic rings. The molecule has 0 amide bonds. The molecule has 1 aromatic carbocycles. The Kier molecular flexibility index (Phi) is 3.84. The lowest BCUT2D eigenvalue weighted by Gasteiger charge is -2.12. The van der Waals surface area contributed by atoms with Crippen LogP contribution >= 0.6 is 11.6 Å². The van der Waals surface area contributed by atoms with Crippen molar-refractivity contribution >= 4 is 17.6 Å². The van der Waals surface area contributed by atoms with E-state index in [1.165, 1.54) is 10.9 Å². The summed E-state index contributed by atoms with van der Waals surface area (Å²) in [5.74, 6) is -0.736. The molecular weight excluding hydrogens is 292 g/mol. The highest BCUT2D eigenvalue weighted by molar-refractivity contribution is 6.30. The number of aromatic carboxylic acids is 1. The van der Waals surface area contributed by atoms with E-state index in [1.807, 2.05) is 0 Å². The summed E-state index contributed by atoms with van der Waals surface area (Å²) in [6, 6.07) is 6.84. The smallest absolute Gasteiger partial charge is 0.358 e. The van der Waals surface area contributed by atoms with E-state index in [9.17, 15) is 9.90 Å². The summed E-state index contributed by atoms with van der Waals surface area (Å²) in [4.78, 5) is 11.6. The molecule has 0 spiro atoms. The molecule has 1 saturated carbocycles. The molecule has 1 heterocycles. The normalized spacial score (nSPS) is 15.3. The van der Waals surface area contributed by atoms with Crippen LogP contribution in [0.2, 0.25) is 5.02 Å². The van der Waals surface area contributed by atoms with Gasteiger partial charge in [-0.05, 0) is 49.9 Å². The first kappa shape index (κ1) is 13.9. The number of hydrogen-bond donors (Lipinski definition) is 1. The third-order valence-corrected chi connectivity index (χ3v) is 3.86. The lowest BCUT2D eigenvalue weighted by Crippen LogP contribution is -2.14. The molecule has 6 heteroatoms. The maximum atomic E-state index is 11.6. The third-order valence-electron chi connectivity index (χ3n) is 3.61. The molecule has 0 saturated heterocycles. The maximum Gasteiger partial charge on any atom is 0.358 e. The third kappa shape index (κ3) is 2.88. The van der Waals surface area contributed by atoms with E-state index >= 15 is 0 Å². The van der Waals surface area contributed by atoms with Crippen LogP contribution in [-0.2, 0) is 0 Å². The van der Waals surface area contributed by atoms with E-state index in [4.69, 9.17) is 16.3 Å². The number of carboxylic acid groups (broad SMARTS) is 1. The average Bonchev–Trinajstić information content (AvgIpc) is 3.09. The number of carboxylic acids is 1. The number of carbonyl (C=O) groups is 1. The number of aromatic nitrogens is 2. The Morgan fingerprint density at radius 1 is 1.29 bits per heavy atom. The first-order chi connectivity index (χ1) is 10.1. The second-order valence-electron chi connectivity index (χ2n) is 5.08. The number of rotatable bonds is 4. The molecule has 5 nitrogen and oxygen atoms in total. The molecule has 3 rings (SSSR count). The van der Waals surface area contributed by atoms with Crippen LogP contribution in [0.4, 0.5) is 0 Å². The Labute approximate surface area is 127 Å². The zero-order chi connectivity index (χ0) is 14.8. The molecule has 110 valence electrons. The molecule has 1 N–H and O–H groups in total. The standard InChI is InChI=1S/C15H15ClN2O3/c16-10-5-7-11(8-6-10)18-14(15(19)20)13(9-17-18)21-12-3-1-2-4-12/h5-9,12H,1-4H2,(H,19,20). The van der Waals surface area contributed by atoms with Gasteiger partial charge in [0, 0.05) is 5.02 Å². The number of hydrogen-bond acceptors (Lipinski definition) is 3. The van der Waals surface area contributed by atoms with Crippen LogP contribution in [-0.4, -0.2) is 27.0 Å². The molecule has 2 aromatic rings. The largest absolute Gasteiger partial charge is 0.486 e. The van der Waals surface area contributed by atoms with Gasteiger partial charge in [0.05, 0.1) is 18.0 Å². The van der Waals surface area contributed by atoms with Gasteiger partial charge in [-0.3, -0.25) is 0 Å². The molecule has 1 aromatic heterocycles. The number of benzene rings is 1. The fourth-order valence-electron chi connectivity index (χ4n) is 2.58. The zero-order valence-electron chi connectivity index (χ0n) is 11.3. The fraction of sp³-hybridized carbons (Fsp3) is 0.333. The van der Waals surface area contributed by atoms with Crippen molar-refractivity contribution in [3.8, 4) is 11.4 Å². The van der Waals surface area contributed by atoms with Crippen LogP contribution < -0.4 is 4.74 Å². The molecule has 21 heavy (non-hydrogen) atoms. The van der Waals surface area contributed by atoms with Crippen molar-refractivity contribution in [1.82, 2.24) is 9.78 Å². The van der Waals surface area contributed by atoms with E-state index in [0.717, 1.165) is 25.7 Å². The number of nitrogens with zero attached hydrogens (tertiary/aromatic N) is 2. The second kappa shape index (κ2) is 5.77. The highest BCUT2D eigenvalue weighted by atomic mass is 35.5. The lowest BCUT2D eigenvalue weighted by molar-refractivity contribution is 0.0679. The SMILES string of the molecule is O=C(O)c1c(OC2CCCC2)cnn1-c1ccc(Cl)cc1. The monoisotopic (exact) mass is 306 g/mol. The van der Waals surface area contributed by atoms with Gasteiger partial charge in [0.25, 0.3) is 0 Å². The van der Waals surface area contributed by atoms with Gasteiger partial charge in [-0.25, -0.2) is 9.48 Å². The summed E-state index contributed by atoms with van der Waals surface area (Å²) in [5, 5.41) is 14.2. The predicted molar refractivity (Wildman–Crippen MR) is 78.4 cm³/mol. The molecular formula is C15H15ClN2O3. The van der Waals surface area contributed by atoms with Gasteiger partial charge in [0.2, 0.25) is 0 Å². The molecule has 0 radical (unpaired) electrons. The number of halogens is 1. The van der Waals surface area contributed by atoms with E-state index in [-0.39, 0.29) is 11.8 Å². The summed E-state index contributed by atoms with van der Waals surface area (Å²) in [7, 11) is 0. The van der Waals surface area contributed by atoms with Crippen LogP contribution in [0.1, 0.15) is 36.2 Å². The van der Waals surface area contributed by atoms with Crippen LogP contribution in [0.15, 0.2) is 30.5 Å². The van der Waals surface area contributed by atoms with Crippen molar-refractivity contribution in [2.75, 3.05) is 0 Å². The summed E-state index contributed by atoms with van der Waals surface area (Å²) >= 11 is 5.85. The van der Waals surface area contributed by atoms with Crippen molar-refractivity contribution in [3.63, 3.8) is 0 Å². The van der Waals surface area contributed by atoms with Crippen molar-refractivity contribution in [2.45, 2.75) is 31.8 Å².